The minimum absolute atomic E-state index is 0.0213. The molecule has 3 aliphatic heterocycles. The Labute approximate surface area is 286 Å². The van der Waals surface area contributed by atoms with E-state index < -0.39 is 62.4 Å². The SMILES string of the molecule is C[C@H]1CCN2C(=O)[C@@H](NC(=O)NC3([C@@H]4CCCCS4(=O)=O)CCCCC3)CCCCCCCCC[C@@H](C(=O)C(=O)NC3CC3)NC(=O)[C@H]12. The van der Waals surface area contributed by atoms with Crippen LogP contribution in [-0.4, -0.2) is 90.1 Å². The lowest BCUT2D eigenvalue weighted by Gasteiger charge is -2.45. The summed E-state index contributed by atoms with van der Waals surface area (Å²) in [5.41, 5.74) is -0.860. The molecule has 48 heavy (non-hydrogen) atoms. The Kier molecular flexibility index (Phi) is 12.5. The van der Waals surface area contributed by atoms with Crippen molar-refractivity contribution in [3.63, 3.8) is 0 Å². The highest BCUT2D eigenvalue weighted by Crippen LogP contribution is 2.39. The van der Waals surface area contributed by atoms with Crippen LogP contribution in [0.5, 0.6) is 0 Å². The summed E-state index contributed by atoms with van der Waals surface area (Å²) < 4.78 is 26.5. The summed E-state index contributed by atoms with van der Waals surface area (Å²) in [6.07, 6.45) is 15.0. The van der Waals surface area contributed by atoms with Crippen LogP contribution in [0.3, 0.4) is 0 Å². The van der Waals surface area contributed by atoms with Gasteiger partial charge in [0.25, 0.3) is 5.91 Å². The second-order valence-electron chi connectivity index (χ2n) is 15.2. The number of amides is 5. The van der Waals surface area contributed by atoms with Gasteiger partial charge in [-0.1, -0.05) is 77.6 Å². The van der Waals surface area contributed by atoms with E-state index in [1.807, 2.05) is 6.92 Å². The minimum Gasteiger partial charge on any atom is -0.347 e. The van der Waals surface area contributed by atoms with Gasteiger partial charge in [0.15, 0.2) is 9.84 Å². The van der Waals surface area contributed by atoms with Crippen LogP contribution in [0.2, 0.25) is 0 Å². The van der Waals surface area contributed by atoms with Gasteiger partial charge in [0.2, 0.25) is 17.6 Å². The molecule has 3 saturated heterocycles. The average Bonchev–Trinajstić information content (AvgIpc) is 3.78. The number of ketones is 1. The van der Waals surface area contributed by atoms with E-state index in [9.17, 15) is 32.4 Å². The van der Waals surface area contributed by atoms with Gasteiger partial charge in [-0.2, -0.15) is 0 Å². The zero-order valence-electron chi connectivity index (χ0n) is 28.7. The summed E-state index contributed by atoms with van der Waals surface area (Å²) in [7, 11) is -3.36. The van der Waals surface area contributed by atoms with Crippen LogP contribution in [0.15, 0.2) is 0 Å². The fourth-order valence-electron chi connectivity index (χ4n) is 8.51. The molecule has 0 spiro atoms. The van der Waals surface area contributed by atoms with E-state index >= 15 is 0 Å². The number of nitrogens with one attached hydrogen (secondary N) is 4. The number of sulfone groups is 1. The van der Waals surface area contributed by atoms with Crippen molar-refractivity contribution in [1.29, 1.82) is 0 Å². The number of rotatable bonds is 6. The van der Waals surface area contributed by atoms with Gasteiger partial charge in [-0.25, -0.2) is 13.2 Å². The maximum Gasteiger partial charge on any atom is 0.315 e. The van der Waals surface area contributed by atoms with Crippen LogP contribution in [0, 0.1) is 5.92 Å². The molecule has 5 fully saturated rings. The molecule has 12 nitrogen and oxygen atoms in total. The zero-order chi connectivity index (χ0) is 34.3. The number of nitrogens with zero attached hydrogens (tertiary/aromatic N) is 1. The molecule has 0 radical (unpaired) electrons. The Morgan fingerprint density at radius 3 is 2.06 bits per heavy atom. The molecule has 0 bridgehead atoms. The van der Waals surface area contributed by atoms with Gasteiger partial charge < -0.3 is 26.2 Å². The van der Waals surface area contributed by atoms with Crippen molar-refractivity contribution in [2.45, 2.75) is 170 Å². The molecule has 5 atom stereocenters. The van der Waals surface area contributed by atoms with Crippen molar-refractivity contribution < 1.29 is 32.4 Å². The molecule has 2 aliphatic carbocycles. The van der Waals surface area contributed by atoms with Gasteiger partial charge in [0, 0.05) is 12.6 Å². The Balaban J connectivity index is 1.33. The first-order valence-electron chi connectivity index (χ1n) is 18.8. The Morgan fingerprint density at radius 1 is 0.771 bits per heavy atom. The fourth-order valence-corrected chi connectivity index (χ4v) is 10.9. The molecule has 0 unspecified atom stereocenters. The highest BCUT2D eigenvalue weighted by atomic mass is 32.2. The molecule has 3 heterocycles. The lowest BCUT2D eigenvalue weighted by molar-refractivity contribution is -0.143. The van der Waals surface area contributed by atoms with E-state index in [-0.39, 0.29) is 23.6 Å². The highest BCUT2D eigenvalue weighted by Gasteiger charge is 2.49. The van der Waals surface area contributed by atoms with E-state index in [4.69, 9.17) is 0 Å². The Morgan fingerprint density at radius 2 is 1.40 bits per heavy atom. The summed E-state index contributed by atoms with van der Waals surface area (Å²) in [5.74, 6) is -2.16. The predicted molar refractivity (Wildman–Crippen MR) is 182 cm³/mol. The molecular weight excluding hydrogens is 634 g/mol. The molecule has 5 aliphatic rings. The van der Waals surface area contributed by atoms with E-state index in [1.165, 1.54) is 4.90 Å². The monoisotopic (exact) mass is 691 g/mol. The molecule has 4 N–H and O–H groups in total. The van der Waals surface area contributed by atoms with E-state index in [2.05, 4.69) is 21.3 Å². The highest BCUT2D eigenvalue weighted by molar-refractivity contribution is 7.92. The van der Waals surface area contributed by atoms with Crippen LogP contribution < -0.4 is 21.3 Å². The van der Waals surface area contributed by atoms with Crippen LogP contribution in [0.1, 0.15) is 135 Å². The summed E-state index contributed by atoms with van der Waals surface area (Å²) in [6.45, 7) is 2.24. The third-order valence-corrected chi connectivity index (χ3v) is 13.8. The van der Waals surface area contributed by atoms with E-state index in [1.54, 1.807) is 0 Å². The molecule has 270 valence electrons. The molecule has 5 amide bonds. The fraction of sp³-hybridized carbons (Fsp3) is 0.857. The van der Waals surface area contributed by atoms with Crippen molar-refractivity contribution in [3.05, 3.63) is 0 Å². The number of fused-ring (bicyclic) bond motifs is 1. The predicted octanol–water partition coefficient (Wildman–Crippen LogP) is 3.42. The van der Waals surface area contributed by atoms with Crippen molar-refractivity contribution in [3.8, 4) is 0 Å². The second-order valence-corrected chi connectivity index (χ2v) is 17.5. The van der Waals surface area contributed by atoms with Crippen LogP contribution in [0.25, 0.3) is 0 Å². The number of urea groups is 1. The van der Waals surface area contributed by atoms with Gasteiger partial charge in [-0.05, 0) is 63.7 Å². The Hall–Kier alpha value is -2.70. The van der Waals surface area contributed by atoms with Gasteiger partial charge >= 0.3 is 6.03 Å². The minimum atomic E-state index is -3.36. The van der Waals surface area contributed by atoms with Crippen molar-refractivity contribution in [1.82, 2.24) is 26.2 Å². The van der Waals surface area contributed by atoms with E-state index in [0.29, 0.717) is 57.9 Å². The van der Waals surface area contributed by atoms with Crippen LogP contribution in [0.4, 0.5) is 4.79 Å². The average molecular weight is 692 g/mol. The summed E-state index contributed by atoms with van der Waals surface area (Å²) in [6, 6.07) is -3.20. The first-order chi connectivity index (χ1) is 23.0. The molecule has 0 aromatic carbocycles. The standard InChI is InChI=1S/C35H57N5O7S/c1-24-19-22-40-29(24)31(42)37-26(30(41)32(43)36-25-17-18-25)14-8-5-3-2-4-6-9-15-27(33(40)44)38-34(45)39-35(20-11-7-12-21-35)28-16-10-13-23-48(28,46)47/h24-29H,2-23H2,1H3,(H,36,43)(H,37,42)(H2,38,39,45)/t24-,26-,27-,28-,29-/m0/s1. The molecule has 0 aromatic rings. The summed E-state index contributed by atoms with van der Waals surface area (Å²) in [5, 5.41) is 11.0. The summed E-state index contributed by atoms with van der Waals surface area (Å²) in [4.78, 5) is 69.3. The van der Waals surface area contributed by atoms with Gasteiger partial charge in [0.1, 0.15) is 12.1 Å². The maximum absolute atomic E-state index is 14.3. The normalized spacial score (nSPS) is 31.9. The van der Waals surface area contributed by atoms with Crippen molar-refractivity contribution >= 4 is 39.4 Å². The van der Waals surface area contributed by atoms with Gasteiger partial charge in [0.05, 0.1) is 22.6 Å². The van der Waals surface area contributed by atoms with Gasteiger partial charge in [-0.3, -0.25) is 19.2 Å². The third kappa shape index (κ3) is 9.09. The molecular formula is C35H57N5O7S. The third-order valence-electron chi connectivity index (χ3n) is 11.4. The first kappa shape index (κ1) is 36.6. The number of Topliss-reactive ketones (excluding diaryl/α,β-unsaturated/α-hetero) is 1. The van der Waals surface area contributed by atoms with E-state index in [0.717, 1.165) is 77.0 Å². The van der Waals surface area contributed by atoms with Gasteiger partial charge in [-0.15, -0.1) is 0 Å². The number of hydrogen-bond acceptors (Lipinski definition) is 7. The summed E-state index contributed by atoms with van der Waals surface area (Å²) >= 11 is 0. The number of carbonyl (C=O) groups is 5. The largest absolute Gasteiger partial charge is 0.347 e. The second kappa shape index (κ2) is 16.3. The molecule has 0 aromatic heterocycles. The first-order valence-corrected chi connectivity index (χ1v) is 20.5. The van der Waals surface area contributed by atoms with Crippen LogP contribution >= 0.6 is 0 Å². The lowest BCUT2D eigenvalue weighted by atomic mass is 9.77. The lowest BCUT2D eigenvalue weighted by Crippen LogP contribution is -2.64. The smallest absolute Gasteiger partial charge is 0.315 e. The quantitative estimate of drug-likeness (QED) is 0.309. The zero-order valence-corrected chi connectivity index (χ0v) is 29.6. The van der Waals surface area contributed by atoms with Crippen molar-refractivity contribution in [2.75, 3.05) is 12.3 Å². The topological polar surface area (TPSA) is 171 Å². The molecule has 13 heteroatoms. The molecule has 5 rings (SSSR count). The van der Waals surface area contributed by atoms with Crippen molar-refractivity contribution in [2.24, 2.45) is 5.92 Å². The maximum atomic E-state index is 14.3. The Bertz CT molecular complexity index is 1300. The number of carbonyl (C=O) groups excluding carboxylic acids is 5. The van der Waals surface area contributed by atoms with Crippen LogP contribution in [-0.2, 0) is 29.0 Å². The molecule has 2 saturated carbocycles. The number of hydrogen-bond donors (Lipinski definition) is 4.